The molecule has 0 spiro atoms. The maximum Gasteiger partial charge on any atom is 0.153 e. The Morgan fingerprint density at radius 3 is 2.54 bits per heavy atom. The van der Waals surface area contributed by atoms with Gasteiger partial charge in [-0.05, 0) is 18.6 Å². The molecule has 0 aromatic heterocycles. The molecule has 1 unspecified atom stereocenters. The lowest BCUT2D eigenvalue weighted by Gasteiger charge is -2.26. The Morgan fingerprint density at radius 2 is 1.85 bits per heavy atom. The van der Waals surface area contributed by atoms with Gasteiger partial charge in [0.1, 0.15) is 11.5 Å². The van der Waals surface area contributed by atoms with Crippen molar-refractivity contribution in [2.45, 2.75) is 12.5 Å². The summed E-state index contributed by atoms with van der Waals surface area (Å²) in [6.07, 6.45) is 0.904. The first-order valence-corrected chi connectivity index (χ1v) is 9.18. The van der Waals surface area contributed by atoms with Gasteiger partial charge >= 0.3 is 0 Å². The Kier molecular flexibility index (Phi) is 4.97. The van der Waals surface area contributed by atoms with E-state index in [2.05, 4.69) is 5.32 Å². The first-order chi connectivity index (χ1) is 12.6. The average Bonchev–Trinajstić information content (AvgIpc) is 2.99. The van der Waals surface area contributed by atoms with E-state index in [9.17, 15) is 13.2 Å². The monoisotopic (exact) mass is 381 g/mol. The van der Waals surface area contributed by atoms with E-state index in [1.54, 1.807) is 6.07 Å². The average molecular weight is 381 g/mol. The smallest absolute Gasteiger partial charge is 0.153 e. The summed E-state index contributed by atoms with van der Waals surface area (Å²) in [5, 5.41) is 3.29. The number of morpholine rings is 1. The number of fused-ring (bicyclic) bond motifs is 1. The van der Waals surface area contributed by atoms with Crippen LogP contribution >= 0.6 is 12.1 Å². The third-order valence-electron chi connectivity index (χ3n) is 4.39. The first kappa shape index (κ1) is 17.5. The number of anilines is 3. The summed E-state index contributed by atoms with van der Waals surface area (Å²) in [7, 11) is 0. The van der Waals surface area contributed by atoms with Crippen LogP contribution in [-0.2, 0) is 4.74 Å². The minimum absolute atomic E-state index is 0.116. The fraction of sp³-hybridized carbons (Fsp3) is 0.333. The van der Waals surface area contributed by atoms with Gasteiger partial charge in [0.15, 0.2) is 11.6 Å². The normalized spacial score (nSPS) is 19.7. The quantitative estimate of drug-likeness (QED) is 0.808. The van der Waals surface area contributed by atoms with Crippen molar-refractivity contribution in [3.8, 4) is 0 Å². The molecule has 0 aliphatic carbocycles. The fourth-order valence-electron chi connectivity index (χ4n) is 3.15. The molecule has 4 rings (SSSR count). The summed E-state index contributed by atoms with van der Waals surface area (Å²) in [6.45, 7) is 3.00. The van der Waals surface area contributed by atoms with E-state index < -0.39 is 17.5 Å². The number of benzene rings is 2. The van der Waals surface area contributed by atoms with E-state index in [0.717, 1.165) is 25.2 Å². The van der Waals surface area contributed by atoms with Crippen molar-refractivity contribution < 1.29 is 17.9 Å². The maximum atomic E-state index is 14.3. The van der Waals surface area contributed by atoms with Crippen molar-refractivity contribution in [1.29, 1.82) is 0 Å². The molecule has 1 saturated heterocycles. The molecule has 0 saturated carbocycles. The summed E-state index contributed by atoms with van der Waals surface area (Å²) >= 11 is 1.20. The molecule has 2 aromatic rings. The molecule has 2 aliphatic heterocycles. The van der Waals surface area contributed by atoms with Crippen molar-refractivity contribution in [3.63, 3.8) is 0 Å². The largest absolute Gasteiger partial charge is 0.376 e. The number of nitrogens with zero attached hydrogens (tertiary/aromatic N) is 2. The molecule has 0 radical (unpaired) electrons. The van der Waals surface area contributed by atoms with Crippen LogP contribution in [0.15, 0.2) is 36.4 Å². The van der Waals surface area contributed by atoms with Crippen LogP contribution in [0.5, 0.6) is 0 Å². The lowest BCUT2D eigenvalue weighted by Crippen LogP contribution is -2.39. The van der Waals surface area contributed by atoms with Crippen molar-refractivity contribution in [2.24, 2.45) is 0 Å². The predicted octanol–water partition coefficient (Wildman–Crippen LogP) is 4.00. The highest BCUT2D eigenvalue weighted by Gasteiger charge is 2.32. The van der Waals surface area contributed by atoms with Gasteiger partial charge in [0.2, 0.25) is 0 Å². The molecule has 2 aliphatic rings. The number of rotatable bonds is 4. The first-order valence-electron chi connectivity index (χ1n) is 8.45. The number of hydrogen-bond acceptors (Lipinski definition) is 5. The second kappa shape index (κ2) is 7.38. The molecule has 138 valence electrons. The van der Waals surface area contributed by atoms with Crippen molar-refractivity contribution >= 4 is 29.2 Å². The van der Waals surface area contributed by atoms with E-state index in [1.165, 1.54) is 16.4 Å². The van der Waals surface area contributed by atoms with Crippen LogP contribution in [0.25, 0.3) is 0 Å². The van der Waals surface area contributed by atoms with Crippen molar-refractivity contribution in [2.75, 3.05) is 34.9 Å². The molecule has 8 heteroatoms. The summed E-state index contributed by atoms with van der Waals surface area (Å²) in [4.78, 5) is 0. The number of nitrogens with one attached hydrogen (secondary N) is 1. The molecular formula is C18H18F3N3OS. The van der Waals surface area contributed by atoms with Crippen LogP contribution in [0.2, 0.25) is 0 Å². The maximum absolute atomic E-state index is 14.3. The van der Waals surface area contributed by atoms with Gasteiger partial charge in [-0.2, -0.15) is 0 Å². The van der Waals surface area contributed by atoms with Gasteiger partial charge in [0.25, 0.3) is 0 Å². The molecule has 26 heavy (non-hydrogen) atoms. The van der Waals surface area contributed by atoms with Gasteiger partial charge in [-0.25, -0.2) is 13.2 Å². The Morgan fingerprint density at radius 1 is 1.12 bits per heavy atom. The third-order valence-corrected chi connectivity index (χ3v) is 5.51. The van der Waals surface area contributed by atoms with Gasteiger partial charge in [-0.15, -0.1) is 0 Å². The lowest BCUT2D eigenvalue weighted by atomic mass is 10.2. The van der Waals surface area contributed by atoms with Crippen LogP contribution in [0.1, 0.15) is 6.42 Å². The SMILES string of the molecule is Fc1cc(F)c(N2SN(CCC3CNCCO3)c3ccccc32)c(F)c1. The van der Waals surface area contributed by atoms with Crippen LogP contribution in [0.4, 0.5) is 30.2 Å². The van der Waals surface area contributed by atoms with E-state index >= 15 is 0 Å². The van der Waals surface area contributed by atoms with E-state index in [4.69, 9.17) is 4.74 Å². The second-order valence-corrected chi connectivity index (χ2v) is 7.14. The van der Waals surface area contributed by atoms with Crippen LogP contribution in [-0.4, -0.2) is 32.3 Å². The van der Waals surface area contributed by atoms with E-state index in [-0.39, 0.29) is 11.8 Å². The Hall–Kier alpha value is -1.90. The Bertz CT molecular complexity index is 778. The number of ether oxygens (including phenoxy) is 1. The second-order valence-electron chi connectivity index (χ2n) is 6.17. The van der Waals surface area contributed by atoms with Crippen molar-refractivity contribution in [3.05, 3.63) is 53.8 Å². The molecule has 0 amide bonds. The summed E-state index contributed by atoms with van der Waals surface area (Å²) in [5.74, 6) is -2.78. The van der Waals surface area contributed by atoms with Gasteiger partial charge < -0.3 is 10.1 Å². The zero-order valence-electron chi connectivity index (χ0n) is 13.9. The zero-order chi connectivity index (χ0) is 18.1. The third kappa shape index (κ3) is 3.36. The summed E-state index contributed by atoms with van der Waals surface area (Å²) in [5.41, 5.74) is 1.27. The number of para-hydroxylation sites is 2. The molecule has 1 atom stereocenters. The topological polar surface area (TPSA) is 27.7 Å². The number of halogens is 3. The summed E-state index contributed by atoms with van der Waals surface area (Å²) < 4.78 is 51.0. The lowest BCUT2D eigenvalue weighted by molar-refractivity contribution is 0.0254. The van der Waals surface area contributed by atoms with E-state index in [0.29, 0.717) is 31.0 Å². The van der Waals surface area contributed by atoms with Crippen LogP contribution in [0, 0.1) is 17.5 Å². The standard InChI is InChI=1S/C18H18F3N3OS/c19-12-9-14(20)18(15(21)10-12)24-17-4-2-1-3-16(17)23(26-24)7-5-13-11-22-6-8-25-13/h1-4,9-10,13,22H,5-8,11H2. The minimum atomic E-state index is -0.931. The highest BCUT2D eigenvalue weighted by molar-refractivity contribution is 8.02. The van der Waals surface area contributed by atoms with Gasteiger partial charge in [0, 0.05) is 31.8 Å². The van der Waals surface area contributed by atoms with Crippen LogP contribution < -0.4 is 13.9 Å². The minimum Gasteiger partial charge on any atom is -0.376 e. The molecule has 0 bridgehead atoms. The Balaban J connectivity index is 1.58. The Labute approximate surface area is 154 Å². The summed E-state index contributed by atoms with van der Waals surface area (Å²) in [6, 6.07) is 8.79. The van der Waals surface area contributed by atoms with Crippen molar-refractivity contribution in [1.82, 2.24) is 5.32 Å². The number of hydrogen-bond donors (Lipinski definition) is 1. The molecule has 4 nitrogen and oxygen atoms in total. The van der Waals surface area contributed by atoms with Crippen LogP contribution in [0.3, 0.4) is 0 Å². The molecule has 1 N–H and O–H groups in total. The molecule has 2 heterocycles. The van der Waals surface area contributed by atoms with Gasteiger partial charge in [-0.3, -0.25) is 8.61 Å². The van der Waals surface area contributed by atoms with Gasteiger partial charge in [-0.1, -0.05) is 12.1 Å². The fourth-order valence-corrected chi connectivity index (χ4v) is 4.28. The zero-order valence-corrected chi connectivity index (χ0v) is 14.7. The molecule has 1 fully saturated rings. The van der Waals surface area contributed by atoms with Gasteiger partial charge in [0.05, 0.1) is 36.2 Å². The molecule has 2 aromatic carbocycles. The highest BCUT2D eigenvalue weighted by atomic mass is 32.2. The molecular weight excluding hydrogens is 363 g/mol. The van der Waals surface area contributed by atoms with E-state index in [1.807, 2.05) is 22.5 Å². The predicted molar refractivity (Wildman–Crippen MR) is 97.1 cm³/mol. The highest BCUT2D eigenvalue weighted by Crippen LogP contribution is 2.50.